The Morgan fingerprint density at radius 3 is 2.60 bits per heavy atom. The van der Waals surface area contributed by atoms with E-state index in [9.17, 15) is 9.59 Å². The zero-order valence-electron chi connectivity index (χ0n) is 11.2. The lowest BCUT2D eigenvalue weighted by Gasteiger charge is -2.15. The summed E-state index contributed by atoms with van der Waals surface area (Å²) in [7, 11) is 1.55. The van der Waals surface area contributed by atoms with Crippen LogP contribution in [-0.2, 0) is 16.1 Å². The quantitative estimate of drug-likeness (QED) is 0.650. The summed E-state index contributed by atoms with van der Waals surface area (Å²) in [6.07, 6.45) is 0.529. The van der Waals surface area contributed by atoms with Gasteiger partial charge in [0.15, 0.2) is 0 Å². The van der Waals surface area contributed by atoms with E-state index in [0.717, 1.165) is 5.56 Å². The average Bonchev–Trinajstić information content (AvgIpc) is 2.77. The molecule has 20 heavy (non-hydrogen) atoms. The molecule has 1 heterocycles. The number of likely N-dealkylation sites (tertiary alicyclic amines) is 1. The van der Waals surface area contributed by atoms with Crippen LogP contribution < -0.4 is 4.74 Å². The zero-order chi connectivity index (χ0) is 14.5. The molecule has 2 amide bonds. The van der Waals surface area contributed by atoms with Gasteiger partial charge in [-0.2, -0.15) is 0 Å². The number of carbonyl (C=O) groups excluding carboxylic acids is 2. The molecule has 5 heteroatoms. The highest BCUT2D eigenvalue weighted by Crippen LogP contribution is 2.22. The molecule has 0 unspecified atom stereocenters. The largest absolute Gasteiger partial charge is 0.497 e. The molecular weight excluding hydrogens is 258 g/mol. The molecule has 0 saturated carbocycles. The standard InChI is InChI=1S/C15H15NO4/c1-20-13-5-4-11(3-2-8-17)12(9-13)10-16-14(18)6-7-15(16)19/h4-5,9,17H,6-8,10H2,1H3. The van der Waals surface area contributed by atoms with Gasteiger partial charge in [0.1, 0.15) is 12.4 Å². The predicted octanol–water partition coefficient (Wildman–Crippen LogP) is 0.688. The van der Waals surface area contributed by atoms with Crippen LogP contribution in [0.2, 0.25) is 0 Å². The number of methoxy groups -OCH3 is 1. The van der Waals surface area contributed by atoms with Crippen LogP contribution in [0, 0.1) is 11.8 Å². The molecule has 1 aliphatic heterocycles. The molecular formula is C15H15NO4. The van der Waals surface area contributed by atoms with Gasteiger partial charge in [0.05, 0.1) is 13.7 Å². The number of carbonyl (C=O) groups is 2. The Balaban J connectivity index is 2.32. The van der Waals surface area contributed by atoms with Crippen molar-refractivity contribution in [1.29, 1.82) is 0 Å². The summed E-state index contributed by atoms with van der Waals surface area (Å²) in [4.78, 5) is 24.6. The minimum atomic E-state index is -0.243. The maximum atomic E-state index is 11.7. The van der Waals surface area contributed by atoms with Crippen LogP contribution in [-0.4, -0.2) is 35.5 Å². The van der Waals surface area contributed by atoms with Crippen LogP contribution >= 0.6 is 0 Å². The topological polar surface area (TPSA) is 66.8 Å². The Kier molecular flexibility index (Phi) is 4.38. The molecule has 0 spiro atoms. The molecule has 5 nitrogen and oxygen atoms in total. The number of hydrogen-bond acceptors (Lipinski definition) is 4. The number of aliphatic hydroxyl groups excluding tert-OH is 1. The van der Waals surface area contributed by atoms with Gasteiger partial charge in [-0.25, -0.2) is 0 Å². The summed E-state index contributed by atoms with van der Waals surface area (Å²) in [5.41, 5.74) is 1.40. The summed E-state index contributed by atoms with van der Waals surface area (Å²) in [6, 6.07) is 5.25. The van der Waals surface area contributed by atoms with E-state index in [2.05, 4.69) is 11.8 Å². The molecule has 104 valence electrons. The molecule has 1 fully saturated rings. The van der Waals surface area contributed by atoms with Crippen LogP contribution in [0.15, 0.2) is 18.2 Å². The number of rotatable bonds is 3. The van der Waals surface area contributed by atoms with E-state index >= 15 is 0 Å². The first-order valence-electron chi connectivity index (χ1n) is 6.25. The summed E-state index contributed by atoms with van der Waals surface area (Å²) in [5, 5.41) is 8.77. The number of ether oxygens (including phenoxy) is 1. The first-order chi connectivity index (χ1) is 9.65. The Morgan fingerprint density at radius 1 is 1.30 bits per heavy atom. The second-order valence-electron chi connectivity index (χ2n) is 4.36. The molecule has 1 aromatic carbocycles. The molecule has 1 aromatic rings. The fourth-order valence-electron chi connectivity index (χ4n) is 2.05. The molecule has 2 rings (SSSR count). The lowest BCUT2D eigenvalue weighted by atomic mass is 10.1. The van der Waals surface area contributed by atoms with E-state index < -0.39 is 0 Å². The third-order valence-corrected chi connectivity index (χ3v) is 3.10. The highest BCUT2D eigenvalue weighted by Gasteiger charge is 2.29. The van der Waals surface area contributed by atoms with Crippen molar-refractivity contribution in [2.75, 3.05) is 13.7 Å². The number of aliphatic hydroxyl groups is 1. The highest BCUT2D eigenvalue weighted by atomic mass is 16.5. The summed E-state index contributed by atoms with van der Waals surface area (Å²) in [6.45, 7) is -0.0582. The Hall–Kier alpha value is -2.32. The van der Waals surface area contributed by atoms with Crippen molar-refractivity contribution in [3.05, 3.63) is 29.3 Å². The Bertz CT molecular complexity index is 582. The van der Waals surface area contributed by atoms with Crippen molar-refractivity contribution in [1.82, 2.24) is 4.90 Å². The van der Waals surface area contributed by atoms with Crippen molar-refractivity contribution in [3.8, 4) is 17.6 Å². The van der Waals surface area contributed by atoms with Gasteiger partial charge in [-0.15, -0.1) is 0 Å². The number of benzene rings is 1. The molecule has 0 aliphatic carbocycles. The highest BCUT2D eigenvalue weighted by molar-refractivity contribution is 6.01. The normalized spacial score (nSPS) is 14.2. The first-order valence-corrected chi connectivity index (χ1v) is 6.25. The van der Waals surface area contributed by atoms with E-state index in [1.165, 1.54) is 4.90 Å². The Labute approximate surface area is 117 Å². The average molecular weight is 273 g/mol. The third kappa shape index (κ3) is 2.98. The molecule has 1 N–H and O–H groups in total. The fraction of sp³-hybridized carbons (Fsp3) is 0.333. The molecule has 0 bridgehead atoms. The minimum Gasteiger partial charge on any atom is -0.497 e. The van der Waals surface area contributed by atoms with Gasteiger partial charge < -0.3 is 9.84 Å². The van der Waals surface area contributed by atoms with E-state index in [0.29, 0.717) is 11.3 Å². The lowest BCUT2D eigenvalue weighted by molar-refractivity contribution is -0.139. The summed E-state index contributed by atoms with van der Waals surface area (Å²) >= 11 is 0. The maximum absolute atomic E-state index is 11.7. The van der Waals surface area contributed by atoms with Gasteiger partial charge in [0.25, 0.3) is 0 Å². The minimum absolute atomic E-state index is 0.168. The van der Waals surface area contributed by atoms with Gasteiger partial charge in [-0.3, -0.25) is 14.5 Å². The van der Waals surface area contributed by atoms with Crippen molar-refractivity contribution >= 4 is 11.8 Å². The van der Waals surface area contributed by atoms with Crippen molar-refractivity contribution < 1.29 is 19.4 Å². The van der Waals surface area contributed by atoms with Gasteiger partial charge in [0.2, 0.25) is 11.8 Å². The zero-order valence-corrected chi connectivity index (χ0v) is 11.2. The van der Waals surface area contributed by atoms with Crippen molar-refractivity contribution in [2.45, 2.75) is 19.4 Å². The van der Waals surface area contributed by atoms with Gasteiger partial charge >= 0.3 is 0 Å². The SMILES string of the molecule is COc1ccc(C#CCO)c(CN2C(=O)CCC2=O)c1. The second kappa shape index (κ2) is 6.22. The van der Waals surface area contributed by atoms with Crippen LogP contribution in [0.1, 0.15) is 24.0 Å². The van der Waals surface area contributed by atoms with E-state index in [-0.39, 0.29) is 37.8 Å². The number of hydrogen-bond donors (Lipinski definition) is 1. The summed E-state index contributed by atoms with van der Waals surface area (Å²) < 4.78 is 5.15. The second-order valence-corrected chi connectivity index (χ2v) is 4.36. The molecule has 0 aromatic heterocycles. The number of imide groups is 1. The van der Waals surface area contributed by atoms with Gasteiger partial charge in [-0.1, -0.05) is 11.8 Å². The van der Waals surface area contributed by atoms with Crippen LogP contribution in [0.25, 0.3) is 0 Å². The van der Waals surface area contributed by atoms with Gasteiger partial charge in [0, 0.05) is 18.4 Å². The fourth-order valence-corrected chi connectivity index (χ4v) is 2.05. The monoisotopic (exact) mass is 273 g/mol. The van der Waals surface area contributed by atoms with Crippen LogP contribution in [0.3, 0.4) is 0 Å². The summed E-state index contributed by atoms with van der Waals surface area (Å²) in [5.74, 6) is 5.68. The van der Waals surface area contributed by atoms with Gasteiger partial charge in [-0.05, 0) is 23.8 Å². The third-order valence-electron chi connectivity index (χ3n) is 3.10. The van der Waals surface area contributed by atoms with Crippen LogP contribution in [0.4, 0.5) is 0 Å². The smallest absolute Gasteiger partial charge is 0.229 e. The molecule has 1 saturated heterocycles. The van der Waals surface area contributed by atoms with E-state index in [1.54, 1.807) is 25.3 Å². The van der Waals surface area contributed by atoms with E-state index in [1.807, 2.05) is 0 Å². The maximum Gasteiger partial charge on any atom is 0.229 e. The van der Waals surface area contributed by atoms with Crippen LogP contribution in [0.5, 0.6) is 5.75 Å². The molecule has 1 aliphatic rings. The number of amides is 2. The first kappa shape index (κ1) is 14.1. The van der Waals surface area contributed by atoms with E-state index in [4.69, 9.17) is 9.84 Å². The molecule has 0 radical (unpaired) electrons. The lowest BCUT2D eigenvalue weighted by Crippen LogP contribution is -2.28. The van der Waals surface area contributed by atoms with Crippen molar-refractivity contribution in [2.24, 2.45) is 0 Å². The predicted molar refractivity (Wildman–Crippen MR) is 71.7 cm³/mol. The van der Waals surface area contributed by atoms with Crippen molar-refractivity contribution in [3.63, 3.8) is 0 Å². The Morgan fingerprint density at radius 2 is 2.00 bits per heavy atom. The number of nitrogens with zero attached hydrogens (tertiary/aromatic N) is 1. The molecule has 0 atom stereocenters.